The summed E-state index contributed by atoms with van der Waals surface area (Å²) in [4.78, 5) is 1.25. The van der Waals surface area contributed by atoms with Crippen LogP contribution in [0, 0.1) is 0 Å². The van der Waals surface area contributed by atoms with Crippen molar-refractivity contribution in [1.82, 2.24) is 5.43 Å². The average Bonchev–Trinajstić information content (AvgIpc) is 2.30. The zero-order valence-electron chi connectivity index (χ0n) is 10.1. The number of thioether (sulfide) groups is 1. The number of hydrogen-bond donors (Lipinski definition) is 2. The number of benzene rings is 1. The van der Waals surface area contributed by atoms with Gasteiger partial charge in [0.05, 0.1) is 18.8 Å². The van der Waals surface area contributed by atoms with Crippen LogP contribution >= 0.6 is 11.8 Å². The van der Waals surface area contributed by atoms with E-state index in [0.29, 0.717) is 6.61 Å². The van der Waals surface area contributed by atoms with Gasteiger partial charge in [-0.05, 0) is 37.8 Å². The molecule has 0 aliphatic heterocycles. The molecule has 3 nitrogen and oxygen atoms in total. The number of nitrogens with two attached hydrogens (primary N) is 1. The Hall–Kier alpha value is -0.550. The molecule has 0 fully saturated rings. The first kappa shape index (κ1) is 13.5. The van der Waals surface area contributed by atoms with Crippen molar-refractivity contribution in [2.24, 2.45) is 5.84 Å². The SMILES string of the molecule is CSc1ccc(C(COC(C)C)NN)cc1. The summed E-state index contributed by atoms with van der Waals surface area (Å²) in [7, 11) is 0. The molecular formula is C12H20N2OS. The maximum Gasteiger partial charge on any atom is 0.0694 e. The number of hydrazine groups is 1. The molecule has 0 radical (unpaired) electrons. The second-order valence-corrected chi connectivity index (χ2v) is 4.75. The van der Waals surface area contributed by atoms with Crippen molar-refractivity contribution in [1.29, 1.82) is 0 Å². The van der Waals surface area contributed by atoms with Gasteiger partial charge >= 0.3 is 0 Å². The Morgan fingerprint density at radius 1 is 1.31 bits per heavy atom. The Labute approximate surface area is 102 Å². The quantitative estimate of drug-likeness (QED) is 0.455. The van der Waals surface area contributed by atoms with Crippen molar-refractivity contribution in [3.63, 3.8) is 0 Å². The van der Waals surface area contributed by atoms with Crippen molar-refractivity contribution in [2.75, 3.05) is 12.9 Å². The van der Waals surface area contributed by atoms with Crippen molar-refractivity contribution in [3.05, 3.63) is 29.8 Å². The fourth-order valence-corrected chi connectivity index (χ4v) is 1.77. The summed E-state index contributed by atoms with van der Waals surface area (Å²) in [5.74, 6) is 5.53. The van der Waals surface area contributed by atoms with Crippen LogP contribution < -0.4 is 11.3 Å². The van der Waals surface area contributed by atoms with Gasteiger partial charge in [0.2, 0.25) is 0 Å². The third-order valence-electron chi connectivity index (χ3n) is 2.32. The summed E-state index contributed by atoms with van der Waals surface area (Å²) in [6.45, 7) is 4.63. The largest absolute Gasteiger partial charge is 0.377 e. The van der Waals surface area contributed by atoms with Gasteiger partial charge in [0.1, 0.15) is 0 Å². The minimum absolute atomic E-state index is 0.0540. The Morgan fingerprint density at radius 2 is 1.94 bits per heavy atom. The second kappa shape index (κ2) is 6.91. The molecule has 0 heterocycles. The molecule has 1 rings (SSSR count). The Morgan fingerprint density at radius 3 is 2.38 bits per heavy atom. The number of hydrogen-bond acceptors (Lipinski definition) is 4. The Kier molecular flexibility index (Phi) is 5.84. The van der Waals surface area contributed by atoms with E-state index in [1.165, 1.54) is 4.90 Å². The molecule has 1 unspecified atom stereocenters. The molecule has 3 N–H and O–H groups in total. The Balaban J connectivity index is 2.63. The number of rotatable bonds is 6. The van der Waals surface area contributed by atoms with E-state index in [-0.39, 0.29) is 12.1 Å². The Bertz CT molecular complexity index is 300. The van der Waals surface area contributed by atoms with Gasteiger partial charge in [-0.15, -0.1) is 11.8 Å². The summed E-state index contributed by atoms with van der Waals surface area (Å²) in [6, 6.07) is 8.41. The molecule has 0 aromatic heterocycles. The molecular weight excluding hydrogens is 220 g/mol. The van der Waals surface area contributed by atoms with Crippen LogP contribution in [0.3, 0.4) is 0 Å². The van der Waals surface area contributed by atoms with Crippen LogP contribution in [0.5, 0.6) is 0 Å². The van der Waals surface area contributed by atoms with E-state index >= 15 is 0 Å². The maximum atomic E-state index is 5.56. The smallest absolute Gasteiger partial charge is 0.0694 e. The lowest BCUT2D eigenvalue weighted by Gasteiger charge is -2.18. The van der Waals surface area contributed by atoms with Crippen LogP contribution in [0.25, 0.3) is 0 Å². The van der Waals surface area contributed by atoms with E-state index in [0.717, 1.165) is 5.56 Å². The van der Waals surface area contributed by atoms with Gasteiger partial charge in [0, 0.05) is 4.90 Å². The summed E-state index contributed by atoms with van der Waals surface area (Å²) in [5.41, 5.74) is 3.93. The summed E-state index contributed by atoms with van der Waals surface area (Å²) < 4.78 is 5.56. The standard InChI is InChI=1S/C12H20N2OS/c1-9(2)15-8-12(14-13)10-4-6-11(16-3)7-5-10/h4-7,9,12,14H,8,13H2,1-3H3. The molecule has 1 aromatic rings. The molecule has 0 spiro atoms. The fourth-order valence-electron chi connectivity index (χ4n) is 1.37. The molecule has 0 amide bonds. The van der Waals surface area contributed by atoms with Crippen LogP contribution in [0.1, 0.15) is 25.5 Å². The molecule has 0 saturated heterocycles. The van der Waals surface area contributed by atoms with E-state index in [1.54, 1.807) is 11.8 Å². The van der Waals surface area contributed by atoms with Gasteiger partial charge in [-0.2, -0.15) is 0 Å². The molecule has 4 heteroatoms. The van der Waals surface area contributed by atoms with Crippen LogP contribution in [0.2, 0.25) is 0 Å². The minimum atomic E-state index is 0.0540. The number of nitrogens with one attached hydrogen (secondary N) is 1. The van der Waals surface area contributed by atoms with E-state index in [1.807, 2.05) is 13.8 Å². The minimum Gasteiger partial charge on any atom is -0.377 e. The van der Waals surface area contributed by atoms with E-state index < -0.39 is 0 Å². The van der Waals surface area contributed by atoms with Gasteiger partial charge in [-0.25, -0.2) is 0 Å². The highest BCUT2D eigenvalue weighted by Crippen LogP contribution is 2.19. The summed E-state index contributed by atoms with van der Waals surface area (Å²) in [6.07, 6.45) is 2.29. The molecule has 0 aliphatic rings. The molecule has 0 aliphatic carbocycles. The van der Waals surface area contributed by atoms with E-state index in [9.17, 15) is 0 Å². The lowest BCUT2D eigenvalue weighted by Crippen LogP contribution is -2.32. The second-order valence-electron chi connectivity index (χ2n) is 3.87. The lowest BCUT2D eigenvalue weighted by atomic mass is 10.1. The predicted octanol–water partition coefficient (Wildman–Crippen LogP) is 2.34. The fraction of sp³-hybridized carbons (Fsp3) is 0.500. The molecule has 90 valence electrons. The zero-order valence-corrected chi connectivity index (χ0v) is 10.9. The van der Waals surface area contributed by atoms with Crippen LogP contribution in [-0.2, 0) is 4.74 Å². The predicted molar refractivity (Wildman–Crippen MR) is 69.4 cm³/mol. The zero-order chi connectivity index (χ0) is 12.0. The highest BCUT2D eigenvalue weighted by Gasteiger charge is 2.10. The highest BCUT2D eigenvalue weighted by atomic mass is 32.2. The van der Waals surface area contributed by atoms with Gasteiger partial charge in [-0.1, -0.05) is 12.1 Å². The third kappa shape index (κ3) is 4.14. The lowest BCUT2D eigenvalue weighted by molar-refractivity contribution is 0.0611. The maximum absolute atomic E-state index is 5.56. The monoisotopic (exact) mass is 240 g/mol. The van der Waals surface area contributed by atoms with Crippen molar-refractivity contribution < 1.29 is 4.74 Å². The van der Waals surface area contributed by atoms with Gasteiger partial charge < -0.3 is 4.74 Å². The van der Waals surface area contributed by atoms with Gasteiger partial charge in [-0.3, -0.25) is 11.3 Å². The van der Waals surface area contributed by atoms with E-state index in [2.05, 4.69) is 35.9 Å². The highest BCUT2D eigenvalue weighted by molar-refractivity contribution is 7.98. The van der Waals surface area contributed by atoms with E-state index in [4.69, 9.17) is 10.6 Å². The van der Waals surface area contributed by atoms with Crippen molar-refractivity contribution in [2.45, 2.75) is 30.9 Å². The van der Waals surface area contributed by atoms with Crippen molar-refractivity contribution >= 4 is 11.8 Å². The van der Waals surface area contributed by atoms with Crippen LogP contribution in [-0.4, -0.2) is 19.0 Å². The van der Waals surface area contributed by atoms with Crippen molar-refractivity contribution in [3.8, 4) is 0 Å². The first-order valence-electron chi connectivity index (χ1n) is 5.39. The normalized spacial score (nSPS) is 13.1. The third-order valence-corrected chi connectivity index (χ3v) is 3.06. The molecule has 0 bridgehead atoms. The molecule has 1 aromatic carbocycles. The molecule has 0 saturated carbocycles. The molecule has 16 heavy (non-hydrogen) atoms. The summed E-state index contributed by atoms with van der Waals surface area (Å²) in [5, 5.41) is 0. The number of ether oxygens (including phenoxy) is 1. The average molecular weight is 240 g/mol. The van der Waals surface area contributed by atoms with Crippen LogP contribution in [0.15, 0.2) is 29.2 Å². The van der Waals surface area contributed by atoms with Crippen LogP contribution in [0.4, 0.5) is 0 Å². The topological polar surface area (TPSA) is 47.3 Å². The van der Waals surface area contributed by atoms with Gasteiger partial charge in [0.15, 0.2) is 0 Å². The first-order chi connectivity index (χ1) is 7.67. The van der Waals surface area contributed by atoms with Gasteiger partial charge in [0.25, 0.3) is 0 Å². The summed E-state index contributed by atoms with van der Waals surface area (Å²) >= 11 is 1.73. The molecule has 1 atom stereocenters. The first-order valence-corrected chi connectivity index (χ1v) is 6.61.